The topological polar surface area (TPSA) is 79.6 Å². The number of amides is 1. The monoisotopic (exact) mass is 364 g/mol. The Balaban J connectivity index is 1.63. The van der Waals surface area contributed by atoms with Gasteiger partial charge >= 0.3 is 0 Å². The minimum Gasteiger partial charge on any atom is -0.459 e. The molecular weight excluding hydrogens is 340 g/mol. The fraction of sp³-hybridized carbons (Fsp3) is 0.500. The van der Waals surface area contributed by atoms with Gasteiger partial charge in [-0.25, -0.2) is 8.42 Å². The maximum atomic E-state index is 12.5. The molecule has 0 aliphatic carbocycles. The highest BCUT2D eigenvalue weighted by molar-refractivity contribution is 7.89. The first-order valence-electron chi connectivity index (χ1n) is 8.76. The summed E-state index contributed by atoms with van der Waals surface area (Å²) < 4.78 is 31.9. The lowest BCUT2D eigenvalue weighted by molar-refractivity contribution is -0.124. The number of fused-ring (bicyclic) bond motifs is 1. The van der Waals surface area contributed by atoms with Crippen LogP contribution in [0.3, 0.4) is 0 Å². The van der Waals surface area contributed by atoms with E-state index in [9.17, 15) is 13.2 Å². The van der Waals surface area contributed by atoms with E-state index in [1.54, 1.807) is 0 Å². The van der Waals surface area contributed by atoms with E-state index in [1.165, 1.54) is 4.31 Å². The molecule has 136 valence electrons. The molecule has 1 amide bonds. The quantitative estimate of drug-likeness (QED) is 0.819. The Hall–Kier alpha value is -1.86. The molecule has 1 atom stereocenters. The van der Waals surface area contributed by atoms with Crippen molar-refractivity contribution in [2.75, 3.05) is 12.3 Å². The number of hydrogen-bond donors (Lipinski definition) is 1. The van der Waals surface area contributed by atoms with Crippen molar-refractivity contribution in [2.24, 2.45) is 0 Å². The van der Waals surface area contributed by atoms with E-state index in [2.05, 4.69) is 5.32 Å². The van der Waals surface area contributed by atoms with Crippen molar-refractivity contribution in [2.45, 2.75) is 45.2 Å². The van der Waals surface area contributed by atoms with E-state index in [0.29, 0.717) is 31.6 Å². The Labute approximate surface area is 148 Å². The zero-order valence-corrected chi connectivity index (χ0v) is 15.2. The van der Waals surface area contributed by atoms with Crippen LogP contribution in [0, 0.1) is 0 Å². The molecule has 1 aromatic heterocycles. The summed E-state index contributed by atoms with van der Waals surface area (Å²) in [5.41, 5.74) is 0.774. The van der Waals surface area contributed by atoms with Gasteiger partial charge in [-0.1, -0.05) is 31.5 Å². The predicted molar refractivity (Wildman–Crippen MR) is 96.5 cm³/mol. The van der Waals surface area contributed by atoms with Gasteiger partial charge in [0.15, 0.2) is 0 Å². The van der Waals surface area contributed by atoms with E-state index in [0.717, 1.165) is 17.4 Å². The van der Waals surface area contributed by atoms with Gasteiger partial charge in [0.1, 0.15) is 17.4 Å². The minimum atomic E-state index is -3.37. The number of furan rings is 1. The number of carbonyl (C=O) groups excluding carboxylic acids is 1. The number of sulfonamides is 1. The van der Waals surface area contributed by atoms with Crippen LogP contribution in [0.15, 0.2) is 34.7 Å². The summed E-state index contributed by atoms with van der Waals surface area (Å²) in [4.78, 5) is 12.5. The predicted octanol–water partition coefficient (Wildman–Crippen LogP) is 2.64. The number of rotatable bonds is 7. The van der Waals surface area contributed by atoms with Crippen LogP contribution in [0.4, 0.5) is 0 Å². The number of unbranched alkanes of at least 4 members (excludes halogenated alkanes) is 1. The average molecular weight is 364 g/mol. The Kier molecular flexibility index (Phi) is 5.44. The number of nitrogens with zero attached hydrogens (tertiary/aromatic N) is 1. The molecule has 2 aromatic rings. The molecule has 6 nitrogen and oxygen atoms in total. The van der Waals surface area contributed by atoms with Gasteiger partial charge in [-0.15, -0.1) is 0 Å². The molecule has 2 heterocycles. The van der Waals surface area contributed by atoms with Crippen LogP contribution < -0.4 is 5.32 Å². The van der Waals surface area contributed by atoms with Crippen LogP contribution in [0.25, 0.3) is 11.0 Å². The van der Waals surface area contributed by atoms with Crippen LogP contribution in [0.1, 0.15) is 38.4 Å². The Morgan fingerprint density at radius 1 is 1.36 bits per heavy atom. The molecule has 1 N–H and O–H groups in total. The van der Waals surface area contributed by atoms with Crippen molar-refractivity contribution in [3.05, 3.63) is 36.1 Å². The first kappa shape index (κ1) is 17.9. The van der Waals surface area contributed by atoms with Gasteiger partial charge in [0, 0.05) is 11.9 Å². The fourth-order valence-corrected chi connectivity index (χ4v) is 5.08. The average Bonchev–Trinajstić information content (AvgIpc) is 3.24. The largest absolute Gasteiger partial charge is 0.459 e. The van der Waals surface area contributed by atoms with E-state index >= 15 is 0 Å². The van der Waals surface area contributed by atoms with Gasteiger partial charge in [0.25, 0.3) is 0 Å². The highest BCUT2D eigenvalue weighted by Crippen LogP contribution is 2.23. The van der Waals surface area contributed by atoms with Gasteiger partial charge in [-0.3, -0.25) is 4.79 Å². The second-order valence-electron chi connectivity index (χ2n) is 6.41. The van der Waals surface area contributed by atoms with Crippen molar-refractivity contribution in [3.8, 4) is 0 Å². The number of carbonyl (C=O) groups is 1. The minimum absolute atomic E-state index is 0.108. The molecule has 0 radical (unpaired) electrons. The molecule has 1 fully saturated rings. The van der Waals surface area contributed by atoms with E-state index < -0.39 is 16.1 Å². The second kappa shape index (κ2) is 7.58. The first-order valence-corrected chi connectivity index (χ1v) is 10.4. The molecule has 0 bridgehead atoms. The SMILES string of the molecule is CCCCS(=O)(=O)N1CCCC1C(=O)NCc1cc2ccccc2o1. The molecule has 1 saturated heterocycles. The lowest BCUT2D eigenvalue weighted by Gasteiger charge is -2.23. The summed E-state index contributed by atoms with van der Waals surface area (Å²) in [7, 11) is -3.37. The molecule has 0 spiro atoms. The molecule has 3 rings (SSSR count). The summed E-state index contributed by atoms with van der Waals surface area (Å²) in [5.74, 6) is 0.516. The highest BCUT2D eigenvalue weighted by Gasteiger charge is 2.38. The molecule has 1 aromatic carbocycles. The zero-order valence-electron chi connectivity index (χ0n) is 14.4. The van der Waals surface area contributed by atoms with Crippen LogP contribution in [-0.4, -0.2) is 37.0 Å². The smallest absolute Gasteiger partial charge is 0.238 e. The molecule has 25 heavy (non-hydrogen) atoms. The maximum absolute atomic E-state index is 12.5. The second-order valence-corrected chi connectivity index (χ2v) is 8.45. The number of benzene rings is 1. The maximum Gasteiger partial charge on any atom is 0.238 e. The molecule has 0 saturated carbocycles. The van der Waals surface area contributed by atoms with Gasteiger partial charge in [-0.05, 0) is 31.4 Å². The Bertz CT molecular complexity index is 811. The van der Waals surface area contributed by atoms with E-state index in [1.807, 2.05) is 37.3 Å². The number of para-hydroxylation sites is 1. The van der Waals surface area contributed by atoms with Crippen LogP contribution in [-0.2, 0) is 21.4 Å². The first-order chi connectivity index (χ1) is 12.0. The summed E-state index contributed by atoms with van der Waals surface area (Å²) in [6, 6.07) is 8.93. The van der Waals surface area contributed by atoms with Crippen molar-refractivity contribution in [1.82, 2.24) is 9.62 Å². The normalized spacial score (nSPS) is 18.7. The van der Waals surface area contributed by atoms with Crippen LogP contribution >= 0.6 is 0 Å². The van der Waals surface area contributed by atoms with Crippen LogP contribution in [0.5, 0.6) is 0 Å². The summed E-state index contributed by atoms with van der Waals surface area (Å²) in [5, 5.41) is 3.80. The molecule has 7 heteroatoms. The van der Waals surface area contributed by atoms with Gasteiger partial charge < -0.3 is 9.73 Å². The third-order valence-electron chi connectivity index (χ3n) is 4.53. The Morgan fingerprint density at radius 3 is 2.92 bits per heavy atom. The van der Waals surface area contributed by atoms with Crippen LogP contribution in [0.2, 0.25) is 0 Å². The number of nitrogens with one attached hydrogen (secondary N) is 1. The molecule has 1 aliphatic rings. The summed E-state index contributed by atoms with van der Waals surface area (Å²) >= 11 is 0. The van der Waals surface area contributed by atoms with Crippen molar-refractivity contribution in [1.29, 1.82) is 0 Å². The van der Waals surface area contributed by atoms with Gasteiger partial charge in [0.05, 0.1) is 12.3 Å². The van der Waals surface area contributed by atoms with Crippen molar-refractivity contribution < 1.29 is 17.6 Å². The lowest BCUT2D eigenvalue weighted by Crippen LogP contribution is -2.46. The van der Waals surface area contributed by atoms with Crippen molar-refractivity contribution in [3.63, 3.8) is 0 Å². The third-order valence-corrected chi connectivity index (χ3v) is 6.49. The van der Waals surface area contributed by atoms with Gasteiger partial charge in [-0.2, -0.15) is 4.31 Å². The van der Waals surface area contributed by atoms with E-state index in [4.69, 9.17) is 4.42 Å². The standard InChI is InChI=1S/C18H24N2O4S/c1-2-3-11-25(22,23)20-10-6-8-16(20)18(21)19-13-15-12-14-7-4-5-9-17(14)24-15/h4-5,7,9,12,16H,2-3,6,8,10-11,13H2,1H3,(H,19,21). The fourth-order valence-electron chi connectivity index (χ4n) is 3.20. The highest BCUT2D eigenvalue weighted by atomic mass is 32.2. The molecular formula is C18H24N2O4S. The van der Waals surface area contributed by atoms with Gasteiger partial charge in [0.2, 0.25) is 15.9 Å². The molecule has 1 aliphatic heterocycles. The van der Waals surface area contributed by atoms with E-state index in [-0.39, 0.29) is 18.2 Å². The zero-order chi connectivity index (χ0) is 17.9. The lowest BCUT2D eigenvalue weighted by atomic mass is 10.2. The summed E-state index contributed by atoms with van der Waals surface area (Å²) in [6.45, 7) is 2.64. The summed E-state index contributed by atoms with van der Waals surface area (Å²) in [6.07, 6.45) is 2.72. The molecule has 1 unspecified atom stereocenters. The third kappa shape index (κ3) is 4.04. The number of hydrogen-bond acceptors (Lipinski definition) is 4. The Morgan fingerprint density at radius 2 is 2.16 bits per heavy atom. The van der Waals surface area contributed by atoms with Crippen molar-refractivity contribution >= 4 is 26.9 Å².